The number of quaternary nitrogens is 2. The van der Waals surface area contributed by atoms with Crippen molar-refractivity contribution in [3.05, 3.63) is 133 Å². The van der Waals surface area contributed by atoms with Gasteiger partial charge in [-0.15, -0.1) is 12.3 Å². The van der Waals surface area contributed by atoms with Gasteiger partial charge in [0.1, 0.15) is 24.8 Å². The molecule has 0 bridgehead atoms. The Morgan fingerprint density at radius 1 is 0.613 bits per heavy atom. The number of aliphatic hydroxyl groups is 2. The van der Waals surface area contributed by atoms with E-state index in [0.717, 1.165) is 94.6 Å². The summed E-state index contributed by atoms with van der Waals surface area (Å²) in [5.74, 6) is 0.258. The first-order valence-electron chi connectivity index (χ1n) is 21.0. The molecule has 0 aromatic heterocycles. The number of aliphatic imine (C=N–C) groups is 2. The van der Waals surface area contributed by atoms with Crippen LogP contribution in [-0.2, 0) is 14.3 Å². The molecule has 0 aliphatic carbocycles. The molecule has 13 nitrogen and oxygen atoms in total. The molecule has 4 aliphatic rings. The van der Waals surface area contributed by atoms with Crippen LogP contribution in [0.2, 0.25) is 0 Å². The maximum Gasteiger partial charge on any atom is 0.138 e. The van der Waals surface area contributed by atoms with Gasteiger partial charge in [-0.1, -0.05) is 90.3 Å². The molecule has 4 aromatic rings. The molecule has 8 rings (SSSR count). The molecule has 62 heavy (non-hydrogen) atoms. The summed E-state index contributed by atoms with van der Waals surface area (Å²) in [5.41, 5.74) is 4.57. The standard InChI is InChI=1S/2C21H25N3O2S.C5H6O3/c2*25-14-16-26-15-13-23-9-11-24(12-10-23)21-17-5-1-3-7-19(17)27-20-8-4-2-6-18(20)22-21;1-4(6)2-3-5(7)8/h2*1-8,25H,9-16H2;2-3,6H,1H2,(H,7,8)/b;;3-2+. The maximum absolute atomic E-state index is 9.86. The predicted octanol–water partition coefficient (Wildman–Crippen LogP) is 1.04. The Morgan fingerprint density at radius 2 is 1.00 bits per heavy atom. The van der Waals surface area contributed by atoms with Crippen LogP contribution in [0.1, 0.15) is 11.1 Å². The molecule has 4 heterocycles. The van der Waals surface area contributed by atoms with Gasteiger partial charge in [0.15, 0.2) is 0 Å². The van der Waals surface area contributed by atoms with Crippen LogP contribution in [0.5, 0.6) is 0 Å². The fourth-order valence-corrected chi connectivity index (χ4v) is 9.35. The maximum atomic E-state index is 9.86. The van der Waals surface area contributed by atoms with E-state index in [4.69, 9.17) is 29.7 Å². The molecule has 328 valence electrons. The van der Waals surface area contributed by atoms with Gasteiger partial charge in [-0.3, -0.25) is 0 Å². The Balaban J connectivity index is 0.000000176. The topological polar surface area (TPSA) is 162 Å². The van der Waals surface area contributed by atoms with Crippen molar-refractivity contribution in [2.24, 2.45) is 9.98 Å². The zero-order valence-corrected chi connectivity index (χ0v) is 36.6. The Hall–Kier alpha value is -4.97. The van der Waals surface area contributed by atoms with Gasteiger partial charge < -0.3 is 54.3 Å². The number of hydrogen-bond acceptors (Lipinski definition) is 13. The minimum atomic E-state index is -1.39. The molecule has 0 spiro atoms. The monoisotopic (exact) mass is 880 g/mol. The number of nitrogens with zero attached hydrogens (tertiary/aromatic N) is 4. The third-order valence-corrected chi connectivity index (χ3v) is 12.8. The molecular weight excluding hydrogens is 825 g/mol. The molecule has 2 saturated heterocycles. The second kappa shape index (κ2) is 24.6. The molecule has 4 aliphatic heterocycles. The number of benzene rings is 4. The van der Waals surface area contributed by atoms with Crippen molar-refractivity contribution in [3.63, 3.8) is 0 Å². The summed E-state index contributed by atoms with van der Waals surface area (Å²) in [4.78, 5) is 32.6. The van der Waals surface area contributed by atoms with Crippen LogP contribution in [0.15, 0.2) is 151 Å². The highest BCUT2D eigenvalue weighted by molar-refractivity contribution is 7.99. The summed E-state index contributed by atoms with van der Waals surface area (Å²) in [6, 6.07) is 34.0. The lowest BCUT2D eigenvalue weighted by atomic mass is 10.1. The van der Waals surface area contributed by atoms with Crippen molar-refractivity contribution in [2.75, 3.05) is 105 Å². The van der Waals surface area contributed by atoms with Crippen LogP contribution < -0.4 is 20.0 Å². The quantitative estimate of drug-likeness (QED) is 0.0697. The molecular formula is C47H56N6O7S2. The second-order valence-electron chi connectivity index (χ2n) is 14.8. The average Bonchev–Trinajstić information content (AvgIpc) is 3.58. The number of allylic oxidation sites excluding steroid dienone is 1. The summed E-state index contributed by atoms with van der Waals surface area (Å²) in [7, 11) is 0. The first kappa shape index (κ1) is 46.5. The third kappa shape index (κ3) is 13.8. The summed E-state index contributed by atoms with van der Waals surface area (Å²) < 4.78 is 10.8. The number of para-hydroxylation sites is 2. The molecule has 4 N–H and O–H groups in total. The van der Waals surface area contributed by atoms with Crippen LogP contribution in [-0.4, -0.2) is 143 Å². The van der Waals surface area contributed by atoms with Gasteiger partial charge in [0, 0.05) is 30.7 Å². The van der Waals surface area contributed by atoms with E-state index in [9.17, 15) is 15.0 Å². The van der Waals surface area contributed by atoms with Crippen molar-refractivity contribution < 1.29 is 44.5 Å². The van der Waals surface area contributed by atoms with E-state index in [1.807, 2.05) is 0 Å². The third-order valence-electron chi connectivity index (χ3n) is 10.5. The van der Waals surface area contributed by atoms with Crippen LogP contribution in [0.25, 0.3) is 0 Å². The first-order valence-corrected chi connectivity index (χ1v) is 22.7. The van der Waals surface area contributed by atoms with Crippen LogP contribution >= 0.6 is 23.5 Å². The van der Waals surface area contributed by atoms with Gasteiger partial charge in [-0.05, 0) is 42.5 Å². The summed E-state index contributed by atoms with van der Waals surface area (Å²) >= 11 is 3.61. The summed E-state index contributed by atoms with van der Waals surface area (Å²) in [6.45, 7) is 15.7. The van der Waals surface area contributed by atoms with E-state index in [1.54, 1.807) is 33.3 Å². The number of amidine groups is 2. The Labute approximate surface area is 372 Å². The van der Waals surface area contributed by atoms with Crippen molar-refractivity contribution >= 4 is 52.5 Å². The molecule has 0 saturated carbocycles. The van der Waals surface area contributed by atoms with Gasteiger partial charge in [-0.25, -0.2) is 9.98 Å². The summed E-state index contributed by atoms with van der Waals surface area (Å²) in [5, 5.41) is 37.0. The van der Waals surface area contributed by atoms with Crippen LogP contribution in [0, 0.1) is 0 Å². The fourth-order valence-electron chi connectivity index (χ4n) is 7.32. The van der Waals surface area contributed by atoms with Gasteiger partial charge in [0.05, 0.1) is 109 Å². The number of ether oxygens (including phenoxy) is 2. The van der Waals surface area contributed by atoms with E-state index in [2.05, 4.69) is 113 Å². The lowest BCUT2D eigenvalue weighted by Crippen LogP contribution is -3.15. The minimum absolute atomic E-state index is 0.0990. The molecule has 0 amide bonds. The molecule has 2 fully saturated rings. The number of carbonyl (C=O) groups is 1. The van der Waals surface area contributed by atoms with E-state index >= 15 is 0 Å². The summed E-state index contributed by atoms with van der Waals surface area (Å²) in [6.07, 6.45) is 1.46. The predicted molar refractivity (Wildman–Crippen MR) is 240 cm³/mol. The SMILES string of the molecule is C=C([O-])/C=C/C(=O)[O-].OCCOCC[NH+]1CCN(C2=Nc3ccccc3Sc3ccccc32)CC1.OCCOCC[NH+]1CCN(C2=Nc3ccccc3Sc3ccccc32)CC1. The van der Waals surface area contributed by atoms with Crippen molar-refractivity contribution in [1.29, 1.82) is 0 Å². The Bertz CT molecular complexity index is 2020. The van der Waals surface area contributed by atoms with Gasteiger partial charge in [-0.2, -0.15) is 0 Å². The molecule has 0 unspecified atom stereocenters. The number of carbonyl (C=O) groups excluding carboxylic acids is 1. The molecule has 4 aromatic carbocycles. The zero-order chi connectivity index (χ0) is 43.5. The largest absolute Gasteiger partial charge is 0.873 e. The lowest BCUT2D eigenvalue weighted by molar-refractivity contribution is -0.904. The number of nitrogens with one attached hydrogen (secondary N) is 2. The fraction of sp³-hybridized carbons (Fsp3) is 0.340. The number of hydrogen-bond donors (Lipinski definition) is 4. The number of aliphatic carboxylic acids is 1. The number of rotatable bonds is 12. The van der Waals surface area contributed by atoms with Crippen LogP contribution in [0.4, 0.5) is 11.4 Å². The highest BCUT2D eigenvalue weighted by atomic mass is 32.2. The average molecular weight is 881 g/mol. The second-order valence-corrected chi connectivity index (χ2v) is 16.9. The molecule has 0 atom stereocenters. The highest BCUT2D eigenvalue weighted by Crippen LogP contribution is 2.41. The zero-order valence-electron chi connectivity index (χ0n) is 35.0. The number of carboxylic acids is 1. The van der Waals surface area contributed by atoms with Crippen molar-refractivity contribution in [2.45, 2.75) is 19.6 Å². The normalized spacial score (nSPS) is 16.1. The van der Waals surface area contributed by atoms with E-state index in [-0.39, 0.29) is 13.2 Å². The minimum Gasteiger partial charge on any atom is -0.873 e. The van der Waals surface area contributed by atoms with E-state index in [1.165, 1.54) is 30.7 Å². The molecule has 0 radical (unpaired) electrons. The van der Waals surface area contributed by atoms with E-state index < -0.39 is 11.7 Å². The van der Waals surface area contributed by atoms with Crippen LogP contribution in [0.3, 0.4) is 0 Å². The lowest BCUT2D eigenvalue weighted by Gasteiger charge is -2.34. The number of fused-ring (bicyclic) bond motifs is 4. The van der Waals surface area contributed by atoms with Gasteiger partial charge in [0.2, 0.25) is 0 Å². The first-order chi connectivity index (χ1) is 30.3. The molecule has 15 heteroatoms. The Morgan fingerprint density at radius 3 is 1.37 bits per heavy atom. The number of carboxylic acid groups (broad SMARTS) is 1. The van der Waals surface area contributed by atoms with Crippen molar-refractivity contribution in [1.82, 2.24) is 9.80 Å². The Kier molecular flexibility index (Phi) is 18.5. The number of aliphatic hydroxyl groups excluding tert-OH is 2. The van der Waals surface area contributed by atoms with E-state index in [0.29, 0.717) is 32.5 Å². The smallest absolute Gasteiger partial charge is 0.138 e. The highest BCUT2D eigenvalue weighted by Gasteiger charge is 2.28. The van der Waals surface area contributed by atoms with Gasteiger partial charge >= 0.3 is 0 Å². The number of piperazine rings is 2. The van der Waals surface area contributed by atoms with Gasteiger partial charge in [0.25, 0.3) is 0 Å². The van der Waals surface area contributed by atoms with Crippen molar-refractivity contribution in [3.8, 4) is 0 Å².